The van der Waals surface area contributed by atoms with E-state index in [1.165, 1.54) is 50.1 Å². The maximum absolute atomic E-state index is 12.4. The maximum Gasteiger partial charge on any atom is 0.373 e. The molecule has 0 amide bonds. The highest BCUT2D eigenvalue weighted by molar-refractivity contribution is 8.00. The highest BCUT2D eigenvalue weighted by Crippen LogP contribution is 2.36. The Hall–Kier alpha value is -5.07. The van der Waals surface area contributed by atoms with Crippen molar-refractivity contribution in [1.29, 1.82) is 0 Å². The number of benzene rings is 2. The average molecular weight is 663 g/mol. The number of ketones is 1. The van der Waals surface area contributed by atoms with Gasteiger partial charge in [0.15, 0.2) is 11.2 Å². The summed E-state index contributed by atoms with van der Waals surface area (Å²) in [6.07, 6.45) is 7.69. The number of furan rings is 1. The summed E-state index contributed by atoms with van der Waals surface area (Å²) in [6, 6.07) is 11.7. The number of carboxylic acid groups (broad SMARTS) is 1. The number of hydrogen-bond donors (Lipinski definition) is 3. The second kappa shape index (κ2) is 16.0. The molecule has 2 heterocycles. The van der Waals surface area contributed by atoms with Crippen molar-refractivity contribution in [3.05, 3.63) is 111 Å². The van der Waals surface area contributed by atoms with Gasteiger partial charge in [-0.2, -0.15) is 0 Å². The van der Waals surface area contributed by atoms with Gasteiger partial charge < -0.3 is 33.6 Å². The molecule has 2 atom stereocenters. The van der Waals surface area contributed by atoms with Gasteiger partial charge in [-0.3, -0.25) is 9.59 Å². The van der Waals surface area contributed by atoms with Crippen molar-refractivity contribution in [2.75, 3.05) is 13.7 Å². The summed E-state index contributed by atoms with van der Waals surface area (Å²) in [5.41, 5.74) is 0.436. The third-order valence-electron chi connectivity index (χ3n) is 7.01. The smallest absolute Gasteiger partial charge is 0.373 e. The van der Waals surface area contributed by atoms with Crippen molar-refractivity contribution in [1.82, 2.24) is 0 Å². The summed E-state index contributed by atoms with van der Waals surface area (Å²) in [6.45, 7) is 3.68. The third-order valence-corrected chi connectivity index (χ3v) is 8.22. The Balaban J connectivity index is 1.50. The predicted molar refractivity (Wildman–Crippen MR) is 175 cm³/mol. The fraction of sp³-hybridized carbons (Fsp3) is 0.257. The number of allylic oxidation sites excluding steroid dienone is 2. The molecule has 0 aliphatic carbocycles. The van der Waals surface area contributed by atoms with Crippen molar-refractivity contribution in [3.63, 3.8) is 0 Å². The molecule has 0 saturated carbocycles. The lowest BCUT2D eigenvalue weighted by Crippen LogP contribution is -2.12. The molecular weight excluding hydrogens is 628 g/mol. The Morgan fingerprint density at radius 3 is 2.51 bits per heavy atom. The number of phenols is 1. The number of esters is 1. The van der Waals surface area contributed by atoms with Crippen LogP contribution in [0.1, 0.15) is 75.6 Å². The number of Topliss-reactive ketones (excluding diaryl/α,β-unsaturated/α-hetero) is 1. The molecule has 12 heteroatoms. The van der Waals surface area contributed by atoms with Gasteiger partial charge in [-0.25, -0.2) is 9.59 Å². The number of thioether (sulfide) groups is 1. The first-order chi connectivity index (χ1) is 22.5. The summed E-state index contributed by atoms with van der Waals surface area (Å²) in [4.78, 5) is 48.0. The standard InChI is InChI=1S/C35H34O11S/c1-4-9-24-26(14-13-22(20(2)36)32(24)38)44-17-8-6-5-7-10-31(33(39)27-15-16-28(45-27)35(42)43-3)47-21-11-12-23-25(37)19-30(34(40)41)46-29(23)18-21/h5-7,10-16,18-19,31,33,38-39H,4,8-9,17H2,1-3H3,(H,40,41)/b6-5-,10-7+/t31-,33+/m0/s1. The molecule has 0 bridgehead atoms. The van der Waals surface area contributed by atoms with Crippen LogP contribution in [0.15, 0.2) is 91.4 Å². The van der Waals surface area contributed by atoms with Gasteiger partial charge in [0.1, 0.15) is 28.9 Å². The molecule has 0 unspecified atom stereocenters. The largest absolute Gasteiger partial charge is 0.507 e. The monoisotopic (exact) mass is 662 g/mol. The average Bonchev–Trinajstić information content (AvgIpc) is 3.54. The normalized spacial score (nSPS) is 12.9. The van der Waals surface area contributed by atoms with E-state index >= 15 is 0 Å². The van der Waals surface area contributed by atoms with Crippen LogP contribution in [-0.4, -0.2) is 52.0 Å². The Bertz CT molecular complexity index is 1880. The zero-order chi connectivity index (χ0) is 34.1. The molecule has 0 aliphatic rings. The quantitative estimate of drug-likeness (QED) is 0.0415. The van der Waals surface area contributed by atoms with E-state index in [4.69, 9.17) is 13.6 Å². The first-order valence-corrected chi connectivity index (χ1v) is 15.6. The van der Waals surface area contributed by atoms with Gasteiger partial charge in [0.05, 0.1) is 29.9 Å². The van der Waals surface area contributed by atoms with Gasteiger partial charge >= 0.3 is 11.9 Å². The van der Waals surface area contributed by atoms with Gasteiger partial charge in [-0.15, -0.1) is 11.8 Å². The SMILES string of the molecule is CCCc1c(OCC/C=C\C=C\[C@H](Sc2ccc3c(=O)cc(C(=O)O)oc3c2)[C@H](O)c2ccc(C(=O)OC)o2)ccc(C(C)=O)c1O. The van der Waals surface area contributed by atoms with Crippen LogP contribution in [0.2, 0.25) is 0 Å². The van der Waals surface area contributed by atoms with Crippen LogP contribution in [0, 0.1) is 0 Å². The minimum Gasteiger partial charge on any atom is -0.507 e. The van der Waals surface area contributed by atoms with E-state index in [2.05, 4.69) is 4.74 Å². The van der Waals surface area contributed by atoms with Crippen molar-refractivity contribution >= 4 is 40.5 Å². The van der Waals surface area contributed by atoms with E-state index < -0.39 is 34.5 Å². The number of aliphatic hydroxyl groups excluding tert-OH is 1. The first-order valence-electron chi connectivity index (χ1n) is 14.7. The van der Waals surface area contributed by atoms with Crippen LogP contribution in [0.4, 0.5) is 0 Å². The van der Waals surface area contributed by atoms with Crippen molar-refractivity contribution in [2.24, 2.45) is 0 Å². The molecule has 2 aromatic heterocycles. The summed E-state index contributed by atoms with van der Waals surface area (Å²) >= 11 is 1.20. The number of aromatic carboxylic acids is 1. The fourth-order valence-electron chi connectivity index (χ4n) is 4.68. The fourth-order valence-corrected chi connectivity index (χ4v) is 5.75. The third kappa shape index (κ3) is 8.60. The lowest BCUT2D eigenvalue weighted by Gasteiger charge is -2.18. The van der Waals surface area contributed by atoms with Crippen LogP contribution in [0.5, 0.6) is 11.5 Å². The summed E-state index contributed by atoms with van der Waals surface area (Å²) in [5, 5.41) is 30.6. The van der Waals surface area contributed by atoms with Gasteiger partial charge in [0.25, 0.3) is 0 Å². The van der Waals surface area contributed by atoms with E-state index in [-0.39, 0.29) is 39.6 Å². The number of carbonyl (C=O) groups excluding carboxylic acids is 2. The zero-order valence-corrected chi connectivity index (χ0v) is 26.7. The molecule has 246 valence electrons. The molecule has 0 aliphatic heterocycles. The second-order valence-corrected chi connectivity index (χ2v) is 11.6. The number of aromatic hydroxyl groups is 1. The number of fused-ring (bicyclic) bond motifs is 1. The van der Waals surface area contributed by atoms with Crippen molar-refractivity contribution in [2.45, 2.75) is 49.4 Å². The Morgan fingerprint density at radius 2 is 1.81 bits per heavy atom. The molecule has 0 saturated heterocycles. The molecule has 47 heavy (non-hydrogen) atoms. The van der Waals surface area contributed by atoms with Crippen LogP contribution >= 0.6 is 11.8 Å². The van der Waals surface area contributed by atoms with Gasteiger partial charge in [0, 0.05) is 16.5 Å². The Labute approximate surface area is 274 Å². The highest BCUT2D eigenvalue weighted by Gasteiger charge is 2.25. The first kappa shape index (κ1) is 34.8. The Kier molecular flexibility index (Phi) is 11.8. The number of aliphatic hydroxyl groups is 1. The zero-order valence-electron chi connectivity index (χ0n) is 25.9. The van der Waals surface area contributed by atoms with Gasteiger partial charge in [0.2, 0.25) is 11.5 Å². The van der Waals surface area contributed by atoms with Crippen molar-refractivity contribution in [3.8, 4) is 11.5 Å². The predicted octanol–water partition coefficient (Wildman–Crippen LogP) is 6.51. The van der Waals surface area contributed by atoms with E-state index in [1.54, 1.807) is 36.4 Å². The molecule has 4 rings (SSSR count). The molecule has 11 nitrogen and oxygen atoms in total. The van der Waals surface area contributed by atoms with Crippen LogP contribution in [0.3, 0.4) is 0 Å². The van der Waals surface area contributed by atoms with Gasteiger partial charge in [-0.05, 0) is 62.2 Å². The summed E-state index contributed by atoms with van der Waals surface area (Å²) < 4.78 is 21.5. The lowest BCUT2D eigenvalue weighted by molar-refractivity contribution is 0.0554. The molecule has 2 aromatic carbocycles. The van der Waals surface area contributed by atoms with Crippen LogP contribution in [-0.2, 0) is 11.2 Å². The minimum atomic E-state index is -1.37. The number of carboxylic acids is 1. The minimum absolute atomic E-state index is 0.0523. The second-order valence-electron chi connectivity index (χ2n) is 10.4. The van der Waals surface area contributed by atoms with Crippen LogP contribution in [0.25, 0.3) is 11.0 Å². The lowest BCUT2D eigenvalue weighted by atomic mass is 10.0. The van der Waals surface area contributed by atoms with Gasteiger partial charge in [-0.1, -0.05) is 37.6 Å². The Morgan fingerprint density at radius 1 is 1.02 bits per heavy atom. The van der Waals surface area contributed by atoms with E-state index in [0.717, 1.165) is 12.5 Å². The van der Waals surface area contributed by atoms with E-state index in [1.807, 2.05) is 13.0 Å². The van der Waals surface area contributed by atoms with E-state index in [0.29, 0.717) is 35.7 Å². The number of methoxy groups -OCH3 is 1. The molecular formula is C35H34O11S. The van der Waals surface area contributed by atoms with Crippen LogP contribution < -0.4 is 10.2 Å². The maximum atomic E-state index is 12.4. The topological polar surface area (TPSA) is 174 Å². The van der Waals surface area contributed by atoms with E-state index in [9.17, 15) is 34.5 Å². The number of hydrogen-bond acceptors (Lipinski definition) is 11. The number of carbonyl (C=O) groups is 3. The number of ether oxygens (including phenoxy) is 2. The van der Waals surface area contributed by atoms with Crippen molar-refractivity contribution < 1.29 is 48.0 Å². The molecule has 4 aromatic rings. The number of rotatable bonds is 15. The molecule has 0 spiro atoms. The molecule has 3 N–H and O–H groups in total. The molecule has 0 fully saturated rings. The summed E-state index contributed by atoms with van der Waals surface area (Å²) in [5.74, 6) is -2.28. The molecule has 0 radical (unpaired) electrons. The number of phenolic OH excluding ortho intramolecular Hbond substituents is 1. The highest BCUT2D eigenvalue weighted by atomic mass is 32.2. The summed E-state index contributed by atoms with van der Waals surface area (Å²) in [7, 11) is 1.21.